The Bertz CT molecular complexity index is 421. The third kappa shape index (κ3) is 3.28. The smallest absolute Gasteiger partial charge is 0.251 e. The van der Waals surface area contributed by atoms with Gasteiger partial charge in [-0.2, -0.15) is 5.26 Å². The second-order valence-electron chi connectivity index (χ2n) is 3.59. The van der Waals surface area contributed by atoms with E-state index in [4.69, 9.17) is 11.0 Å². The molecule has 0 atom stereocenters. The number of benzene rings is 1. The molecular formula is C12H15N3O. The van der Waals surface area contributed by atoms with Crippen LogP contribution in [0.5, 0.6) is 0 Å². The Morgan fingerprint density at radius 2 is 2.31 bits per heavy atom. The van der Waals surface area contributed by atoms with Crippen molar-refractivity contribution in [2.45, 2.75) is 19.8 Å². The van der Waals surface area contributed by atoms with Gasteiger partial charge in [0, 0.05) is 24.2 Å². The first-order chi connectivity index (χ1) is 7.65. The van der Waals surface area contributed by atoms with Crippen LogP contribution in [0.4, 0.5) is 5.69 Å². The summed E-state index contributed by atoms with van der Waals surface area (Å²) in [5, 5.41) is 11.1. The fourth-order valence-corrected chi connectivity index (χ4v) is 1.25. The Morgan fingerprint density at radius 3 is 2.94 bits per heavy atom. The number of amides is 1. The van der Waals surface area contributed by atoms with E-state index in [9.17, 15) is 4.79 Å². The molecule has 1 amide bonds. The summed E-state index contributed by atoms with van der Waals surface area (Å²) < 4.78 is 0. The number of rotatable bonds is 4. The van der Waals surface area contributed by atoms with Crippen molar-refractivity contribution in [3.8, 4) is 6.07 Å². The second kappa shape index (κ2) is 5.76. The molecule has 1 aromatic carbocycles. The minimum absolute atomic E-state index is 0.148. The van der Waals surface area contributed by atoms with Gasteiger partial charge >= 0.3 is 0 Å². The molecule has 0 fully saturated rings. The molecule has 0 saturated heterocycles. The van der Waals surface area contributed by atoms with Gasteiger partial charge in [-0.05, 0) is 31.0 Å². The number of unbranched alkanes of at least 4 members (excludes halogenated alkanes) is 1. The Balaban J connectivity index is 2.53. The molecule has 84 valence electrons. The van der Waals surface area contributed by atoms with Crippen molar-refractivity contribution >= 4 is 11.6 Å². The van der Waals surface area contributed by atoms with Crippen molar-refractivity contribution in [2.75, 3.05) is 12.3 Å². The van der Waals surface area contributed by atoms with Gasteiger partial charge in [0.2, 0.25) is 0 Å². The van der Waals surface area contributed by atoms with Crippen molar-refractivity contribution in [2.24, 2.45) is 0 Å². The number of aryl methyl sites for hydroxylation is 1. The topological polar surface area (TPSA) is 78.9 Å². The van der Waals surface area contributed by atoms with Crippen LogP contribution in [-0.2, 0) is 0 Å². The molecule has 1 rings (SSSR count). The maximum absolute atomic E-state index is 11.6. The first kappa shape index (κ1) is 12.1. The van der Waals surface area contributed by atoms with Gasteiger partial charge in [0.05, 0.1) is 6.07 Å². The largest absolute Gasteiger partial charge is 0.398 e. The number of nitrogens with one attached hydrogen (secondary N) is 1. The number of carbonyl (C=O) groups excluding carboxylic acids is 1. The van der Waals surface area contributed by atoms with Gasteiger partial charge in [-0.15, -0.1) is 0 Å². The Labute approximate surface area is 95.1 Å². The molecule has 1 aromatic rings. The van der Waals surface area contributed by atoms with Crippen LogP contribution in [0.15, 0.2) is 18.2 Å². The number of hydrogen-bond acceptors (Lipinski definition) is 3. The van der Waals surface area contributed by atoms with E-state index in [0.29, 0.717) is 30.6 Å². The minimum atomic E-state index is -0.148. The molecule has 4 nitrogen and oxygen atoms in total. The molecule has 0 aromatic heterocycles. The highest BCUT2D eigenvalue weighted by atomic mass is 16.1. The zero-order valence-electron chi connectivity index (χ0n) is 9.29. The molecule has 0 heterocycles. The monoisotopic (exact) mass is 217 g/mol. The molecule has 0 bridgehead atoms. The van der Waals surface area contributed by atoms with E-state index in [-0.39, 0.29) is 5.91 Å². The average molecular weight is 217 g/mol. The van der Waals surface area contributed by atoms with Crippen LogP contribution in [0.3, 0.4) is 0 Å². The highest BCUT2D eigenvalue weighted by molar-refractivity contribution is 5.95. The number of anilines is 1. The van der Waals surface area contributed by atoms with Crippen molar-refractivity contribution in [1.82, 2.24) is 5.32 Å². The van der Waals surface area contributed by atoms with Crippen LogP contribution in [0.25, 0.3) is 0 Å². The van der Waals surface area contributed by atoms with Crippen LogP contribution in [0, 0.1) is 18.3 Å². The summed E-state index contributed by atoms with van der Waals surface area (Å²) in [5.74, 6) is -0.148. The maximum Gasteiger partial charge on any atom is 0.251 e. The first-order valence-corrected chi connectivity index (χ1v) is 5.16. The molecule has 0 aliphatic rings. The summed E-state index contributed by atoms with van der Waals surface area (Å²) in [4.78, 5) is 11.6. The van der Waals surface area contributed by atoms with Gasteiger partial charge in [0.15, 0.2) is 0 Å². The predicted molar refractivity (Wildman–Crippen MR) is 62.8 cm³/mol. The van der Waals surface area contributed by atoms with Crippen molar-refractivity contribution in [3.05, 3.63) is 29.3 Å². The number of carbonyl (C=O) groups is 1. The molecule has 0 radical (unpaired) electrons. The number of nitrogens with zero attached hydrogens (tertiary/aromatic N) is 1. The van der Waals surface area contributed by atoms with Gasteiger partial charge in [-0.3, -0.25) is 4.79 Å². The van der Waals surface area contributed by atoms with Crippen LogP contribution in [-0.4, -0.2) is 12.5 Å². The molecule has 16 heavy (non-hydrogen) atoms. The predicted octanol–water partition coefficient (Wildman–Crippen LogP) is 1.61. The van der Waals surface area contributed by atoms with Gasteiger partial charge in [-0.25, -0.2) is 0 Å². The quantitative estimate of drug-likeness (QED) is 0.594. The van der Waals surface area contributed by atoms with Gasteiger partial charge < -0.3 is 11.1 Å². The molecule has 0 aliphatic carbocycles. The third-order valence-corrected chi connectivity index (χ3v) is 2.29. The number of nitrogens with two attached hydrogens (primary N) is 1. The summed E-state index contributed by atoms with van der Waals surface area (Å²) in [6, 6.07) is 7.25. The summed E-state index contributed by atoms with van der Waals surface area (Å²) in [6.45, 7) is 2.41. The molecule has 0 saturated carbocycles. The summed E-state index contributed by atoms with van der Waals surface area (Å²) in [7, 11) is 0. The SMILES string of the molecule is Cc1ccc(C(=O)NCCCC#N)cc1N. The van der Waals surface area contributed by atoms with Gasteiger partial charge in [0.25, 0.3) is 5.91 Å². The van der Waals surface area contributed by atoms with Gasteiger partial charge in [-0.1, -0.05) is 6.07 Å². The van der Waals surface area contributed by atoms with Crippen LogP contribution >= 0.6 is 0 Å². The van der Waals surface area contributed by atoms with Crippen molar-refractivity contribution in [3.63, 3.8) is 0 Å². The first-order valence-electron chi connectivity index (χ1n) is 5.16. The highest BCUT2D eigenvalue weighted by Crippen LogP contribution is 2.12. The summed E-state index contributed by atoms with van der Waals surface area (Å²) >= 11 is 0. The van der Waals surface area contributed by atoms with Crippen LogP contribution < -0.4 is 11.1 Å². The zero-order valence-corrected chi connectivity index (χ0v) is 9.29. The Hall–Kier alpha value is -2.02. The van der Waals surface area contributed by atoms with E-state index in [2.05, 4.69) is 5.32 Å². The van der Waals surface area contributed by atoms with E-state index in [0.717, 1.165) is 5.56 Å². The Kier molecular flexibility index (Phi) is 4.34. The third-order valence-electron chi connectivity index (χ3n) is 2.29. The highest BCUT2D eigenvalue weighted by Gasteiger charge is 2.05. The molecule has 3 N–H and O–H groups in total. The fourth-order valence-electron chi connectivity index (χ4n) is 1.25. The van der Waals surface area contributed by atoms with E-state index in [1.165, 1.54) is 0 Å². The number of hydrogen-bond donors (Lipinski definition) is 2. The van der Waals surface area contributed by atoms with Crippen molar-refractivity contribution < 1.29 is 4.79 Å². The van der Waals surface area contributed by atoms with Crippen LogP contribution in [0.2, 0.25) is 0 Å². The molecule has 4 heteroatoms. The molecular weight excluding hydrogens is 202 g/mol. The second-order valence-corrected chi connectivity index (χ2v) is 3.59. The van der Waals surface area contributed by atoms with Crippen molar-refractivity contribution in [1.29, 1.82) is 5.26 Å². The van der Waals surface area contributed by atoms with Gasteiger partial charge in [0.1, 0.15) is 0 Å². The van der Waals surface area contributed by atoms with E-state index < -0.39 is 0 Å². The number of nitriles is 1. The zero-order chi connectivity index (χ0) is 12.0. The fraction of sp³-hybridized carbons (Fsp3) is 0.333. The van der Waals surface area contributed by atoms with E-state index in [1.54, 1.807) is 12.1 Å². The van der Waals surface area contributed by atoms with Crippen LogP contribution in [0.1, 0.15) is 28.8 Å². The minimum Gasteiger partial charge on any atom is -0.398 e. The summed E-state index contributed by atoms with van der Waals surface area (Å²) in [6.07, 6.45) is 1.12. The molecule has 0 aliphatic heterocycles. The van der Waals surface area contributed by atoms with E-state index in [1.807, 2.05) is 19.1 Å². The lowest BCUT2D eigenvalue weighted by Crippen LogP contribution is -2.24. The molecule has 0 spiro atoms. The summed E-state index contributed by atoms with van der Waals surface area (Å²) in [5.41, 5.74) is 7.84. The lowest BCUT2D eigenvalue weighted by atomic mass is 10.1. The van der Waals surface area contributed by atoms with E-state index >= 15 is 0 Å². The molecule has 0 unspecified atom stereocenters. The average Bonchev–Trinajstić information content (AvgIpc) is 2.28. The Morgan fingerprint density at radius 1 is 1.56 bits per heavy atom. The lowest BCUT2D eigenvalue weighted by Gasteiger charge is -2.06. The number of nitrogen functional groups attached to an aromatic ring is 1. The standard InChI is InChI=1S/C12H15N3O/c1-9-4-5-10(8-11(9)14)12(16)15-7-3-2-6-13/h4-5,8H,2-3,7,14H2,1H3,(H,15,16). The normalized spacial score (nSPS) is 9.50. The maximum atomic E-state index is 11.6. The lowest BCUT2D eigenvalue weighted by molar-refractivity contribution is 0.0953.